The second kappa shape index (κ2) is 6.62. The predicted octanol–water partition coefficient (Wildman–Crippen LogP) is 4.47. The molecule has 2 heteroatoms. The molecule has 1 unspecified atom stereocenters. The number of hydrogen-bond donors (Lipinski definition) is 1. The van der Waals surface area contributed by atoms with Gasteiger partial charge < -0.3 is 10.1 Å². The Hall–Kier alpha value is -1.02. The third kappa shape index (κ3) is 2.85. The number of nitrogens with one attached hydrogen (secondary N) is 1. The fraction of sp³-hybridized carbons (Fsp3) is 0.667. The van der Waals surface area contributed by atoms with E-state index in [0.29, 0.717) is 0 Å². The minimum Gasteiger partial charge on any atom is -0.496 e. The van der Waals surface area contributed by atoms with Gasteiger partial charge in [-0.1, -0.05) is 38.3 Å². The summed E-state index contributed by atoms with van der Waals surface area (Å²) < 4.78 is 5.78. The van der Waals surface area contributed by atoms with Crippen LogP contribution in [-0.2, 0) is 5.54 Å². The molecule has 112 valence electrons. The van der Waals surface area contributed by atoms with Crippen molar-refractivity contribution < 1.29 is 4.74 Å². The lowest BCUT2D eigenvalue weighted by Crippen LogP contribution is -2.42. The van der Waals surface area contributed by atoms with Gasteiger partial charge in [0.2, 0.25) is 0 Å². The molecule has 0 amide bonds. The maximum atomic E-state index is 5.78. The molecule has 1 saturated heterocycles. The molecule has 0 aromatic heterocycles. The molecular weight excluding hydrogens is 246 g/mol. The number of rotatable bonds is 4. The molecule has 1 atom stereocenters. The lowest BCUT2D eigenvalue weighted by atomic mass is 9.80. The molecule has 2 rings (SSSR count). The average molecular weight is 275 g/mol. The van der Waals surface area contributed by atoms with Crippen molar-refractivity contribution >= 4 is 0 Å². The van der Waals surface area contributed by atoms with E-state index >= 15 is 0 Å². The van der Waals surface area contributed by atoms with Gasteiger partial charge in [0.25, 0.3) is 0 Å². The molecule has 0 saturated carbocycles. The SMILES string of the molecule is CCCC1(c2ccc(C)c(C)c2OC)CCCCCN1. The van der Waals surface area contributed by atoms with Gasteiger partial charge in [0, 0.05) is 11.1 Å². The van der Waals surface area contributed by atoms with Crippen molar-refractivity contribution in [3.05, 3.63) is 28.8 Å². The second-order valence-electron chi connectivity index (χ2n) is 6.16. The minimum atomic E-state index is 0.106. The van der Waals surface area contributed by atoms with Crippen LogP contribution in [0.2, 0.25) is 0 Å². The Balaban J connectivity index is 2.50. The van der Waals surface area contributed by atoms with Gasteiger partial charge in [0.15, 0.2) is 0 Å². The van der Waals surface area contributed by atoms with Crippen LogP contribution in [0.15, 0.2) is 12.1 Å². The lowest BCUT2D eigenvalue weighted by Gasteiger charge is -2.36. The monoisotopic (exact) mass is 275 g/mol. The minimum absolute atomic E-state index is 0.106. The van der Waals surface area contributed by atoms with E-state index in [4.69, 9.17) is 4.74 Å². The number of methoxy groups -OCH3 is 1. The van der Waals surface area contributed by atoms with E-state index in [1.807, 2.05) is 7.11 Å². The number of benzene rings is 1. The summed E-state index contributed by atoms with van der Waals surface area (Å²) >= 11 is 0. The summed E-state index contributed by atoms with van der Waals surface area (Å²) in [6, 6.07) is 4.53. The van der Waals surface area contributed by atoms with Crippen LogP contribution in [0.5, 0.6) is 5.75 Å². The smallest absolute Gasteiger partial charge is 0.127 e. The Kier molecular flexibility index (Phi) is 5.09. The topological polar surface area (TPSA) is 21.3 Å². The summed E-state index contributed by atoms with van der Waals surface area (Å²) in [5, 5.41) is 3.85. The third-order valence-electron chi connectivity index (χ3n) is 4.82. The molecule has 1 N–H and O–H groups in total. The average Bonchev–Trinajstić information content (AvgIpc) is 2.68. The maximum absolute atomic E-state index is 5.78. The molecule has 1 fully saturated rings. The van der Waals surface area contributed by atoms with Crippen LogP contribution in [0.1, 0.15) is 62.1 Å². The fourth-order valence-electron chi connectivity index (χ4n) is 3.58. The molecule has 1 aromatic carbocycles. The first kappa shape index (κ1) is 15.4. The van der Waals surface area contributed by atoms with E-state index in [9.17, 15) is 0 Å². The molecule has 0 radical (unpaired) electrons. The van der Waals surface area contributed by atoms with E-state index in [-0.39, 0.29) is 5.54 Å². The highest BCUT2D eigenvalue weighted by Gasteiger charge is 2.34. The van der Waals surface area contributed by atoms with Gasteiger partial charge in [-0.2, -0.15) is 0 Å². The molecule has 20 heavy (non-hydrogen) atoms. The zero-order valence-corrected chi connectivity index (χ0v) is 13.5. The van der Waals surface area contributed by atoms with Crippen LogP contribution in [0, 0.1) is 13.8 Å². The van der Waals surface area contributed by atoms with E-state index in [1.165, 1.54) is 55.2 Å². The van der Waals surface area contributed by atoms with Gasteiger partial charge in [0.1, 0.15) is 5.75 Å². The fourth-order valence-corrected chi connectivity index (χ4v) is 3.58. The van der Waals surface area contributed by atoms with Crippen molar-refractivity contribution in [2.24, 2.45) is 0 Å². The summed E-state index contributed by atoms with van der Waals surface area (Å²) in [7, 11) is 1.81. The van der Waals surface area contributed by atoms with Gasteiger partial charge in [-0.15, -0.1) is 0 Å². The van der Waals surface area contributed by atoms with Crippen LogP contribution in [0.3, 0.4) is 0 Å². The zero-order valence-electron chi connectivity index (χ0n) is 13.5. The molecule has 1 aromatic rings. The Morgan fingerprint density at radius 1 is 1.20 bits per heavy atom. The van der Waals surface area contributed by atoms with Crippen molar-refractivity contribution in [2.75, 3.05) is 13.7 Å². The summed E-state index contributed by atoms with van der Waals surface area (Å²) in [5.41, 5.74) is 4.07. The number of hydrogen-bond acceptors (Lipinski definition) is 2. The van der Waals surface area contributed by atoms with Gasteiger partial charge in [-0.05, 0) is 50.8 Å². The first-order valence-electron chi connectivity index (χ1n) is 8.04. The largest absolute Gasteiger partial charge is 0.496 e. The molecule has 0 bridgehead atoms. The van der Waals surface area contributed by atoms with Gasteiger partial charge in [-0.3, -0.25) is 0 Å². The highest BCUT2D eigenvalue weighted by atomic mass is 16.5. The summed E-state index contributed by atoms with van der Waals surface area (Å²) in [6.07, 6.45) is 7.54. The third-order valence-corrected chi connectivity index (χ3v) is 4.82. The van der Waals surface area contributed by atoms with Crippen LogP contribution < -0.4 is 10.1 Å². The molecule has 2 nitrogen and oxygen atoms in total. The molecule has 1 aliphatic heterocycles. The zero-order chi connectivity index (χ0) is 14.6. The molecular formula is C18H29NO. The van der Waals surface area contributed by atoms with Crippen molar-refractivity contribution in [1.29, 1.82) is 0 Å². The lowest BCUT2D eigenvalue weighted by molar-refractivity contribution is 0.282. The number of ether oxygens (including phenoxy) is 1. The van der Waals surface area contributed by atoms with E-state index in [0.717, 1.165) is 12.3 Å². The molecule has 1 aliphatic rings. The first-order chi connectivity index (χ1) is 9.64. The quantitative estimate of drug-likeness (QED) is 0.875. The molecule has 0 spiro atoms. The van der Waals surface area contributed by atoms with Crippen LogP contribution >= 0.6 is 0 Å². The van der Waals surface area contributed by atoms with Crippen LogP contribution in [0.4, 0.5) is 0 Å². The van der Waals surface area contributed by atoms with Gasteiger partial charge in [-0.25, -0.2) is 0 Å². The van der Waals surface area contributed by atoms with Gasteiger partial charge >= 0.3 is 0 Å². The summed E-state index contributed by atoms with van der Waals surface area (Å²) in [6.45, 7) is 7.74. The highest BCUT2D eigenvalue weighted by molar-refractivity contribution is 5.48. The normalized spacial score (nSPS) is 23.4. The van der Waals surface area contributed by atoms with E-state index in [2.05, 4.69) is 38.2 Å². The van der Waals surface area contributed by atoms with Crippen molar-refractivity contribution in [3.63, 3.8) is 0 Å². The van der Waals surface area contributed by atoms with Crippen molar-refractivity contribution in [3.8, 4) is 5.75 Å². The van der Waals surface area contributed by atoms with Crippen molar-refractivity contribution in [2.45, 2.75) is 64.8 Å². The predicted molar refractivity (Wildman–Crippen MR) is 85.5 cm³/mol. The van der Waals surface area contributed by atoms with Crippen LogP contribution in [0.25, 0.3) is 0 Å². The van der Waals surface area contributed by atoms with Gasteiger partial charge in [0.05, 0.1) is 7.11 Å². The second-order valence-corrected chi connectivity index (χ2v) is 6.16. The Morgan fingerprint density at radius 3 is 2.70 bits per heavy atom. The standard InChI is InChI=1S/C18H29NO/c1-5-11-18(12-7-6-8-13-19-18)16-10-9-14(2)15(3)17(16)20-4/h9-10,19H,5-8,11-13H2,1-4H3. The number of aryl methyl sites for hydroxylation is 1. The van der Waals surface area contributed by atoms with E-state index < -0.39 is 0 Å². The summed E-state index contributed by atoms with van der Waals surface area (Å²) in [4.78, 5) is 0. The first-order valence-corrected chi connectivity index (χ1v) is 8.04. The Bertz CT molecular complexity index is 445. The van der Waals surface area contributed by atoms with Crippen molar-refractivity contribution in [1.82, 2.24) is 5.32 Å². The molecule has 0 aliphatic carbocycles. The van der Waals surface area contributed by atoms with Crippen LogP contribution in [-0.4, -0.2) is 13.7 Å². The maximum Gasteiger partial charge on any atom is 0.127 e. The summed E-state index contributed by atoms with van der Waals surface area (Å²) in [5.74, 6) is 1.09. The Labute approximate surface area is 123 Å². The highest BCUT2D eigenvalue weighted by Crippen LogP contribution is 2.41. The van der Waals surface area contributed by atoms with E-state index in [1.54, 1.807) is 0 Å². The molecule has 1 heterocycles. The Morgan fingerprint density at radius 2 is 2.00 bits per heavy atom.